The van der Waals surface area contributed by atoms with E-state index in [-0.39, 0.29) is 25.0 Å². The Morgan fingerprint density at radius 2 is 1.87 bits per heavy atom. The molecule has 0 unspecified atom stereocenters. The molecule has 0 aliphatic carbocycles. The highest BCUT2D eigenvalue weighted by atomic mass is 16.5. The van der Waals surface area contributed by atoms with E-state index < -0.39 is 6.04 Å². The Morgan fingerprint density at radius 1 is 1.05 bits per heavy atom. The Morgan fingerprint density at radius 3 is 2.62 bits per heavy atom. The van der Waals surface area contributed by atoms with Gasteiger partial charge in [-0.2, -0.15) is 5.10 Å². The Bertz CT molecular complexity index is 1460. The van der Waals surface area contributed by atoms with Crippen LogP contribution in [0, 0.1) is 0 Å². The van der Waals surface area contributed by atoms with Gasteiger partial charge < -0.3 is 24.3 Å². The zero-order valence-electron chi connectivity index (χ0n) is 22.5. The number of aryl methyl sites for hydroxylation is 1. The lowest BCUT2D eigenvalue weighted by Crippen LogP contribution is -2.42. The average Bonchev–Trinajstić information content (AvgIpc) is 3.54. The van der Waals surface area contributed by atoms with E-state index in [1.165, 1.54) is 0 Å². The second kappa shape index (κ2) is 11.5. The maximum Gasteiger partial charge on any atom is 0.318 e. The van der Waals surface area contributed by atoms with Crippen molar-refractivity contribution in [3.05, 3.63) is 95.4 Å². The van der Waals surface area contributed by atoms with Crippen molar-refractivity contribution in [1.82, 2.24) is 24.6 Å². The number of carbonyl (C=O) groups excluding carboxylic acids is 2. The summed E-state index contributed by atoms with van der Waals surface area (Å²) in [4.78, 5) is 27.6. The summed E-state index contributed by atoms with van der Waals surface area (Å²) in [5.41, 5.74) is 4.67. The number of esters is 1. The molecule has 1 aliphatic heterocycles. The summed E-state index contributed by atoms with van der Waals surface area (Å²) in [6, 6.07) is 21.1. The van der Waals surface area contributed by atoms with Gasteiger partial charge in [0.05, 0.1) is 49.8 Å². The van der Waals surface area contributed by atoms with Gasteiger partial charge in [0.25, 0.3) is 0 Å². The largest absolute Gasteiger partial charge is 0.497 e. The van der Waals surface area contributed by atoms with Gasteiger partial charge in [0.15, 0.2) is 0 Å². The fraction of sp³-hybridized carbons (Fsp3) is 0.300. The van der Waals surface area contributed by atoms with Gasteiger partial charge in [0.2, 0.25) is 0 Å². The molecule has 0 radical (unpaired) electrons. The van der Waals surface area contributed by atoms with Crippen LogP contribution in [-0.4, -0.2) is 51.5 Å². The lowest BCUT2D eigenvalue weighted by molar-refractivity contribution is -0.142. The number of aromatic nitrogens is 3. The van der Waals surface area contributed by atoms with Gasteiger partial charge in [-0.1, -0.05) is 37.3 Å². The quantitative estimate of drug-likeness (QED) is 0.333. The maximum atomic E-state index is 13.8. The van der Waals surface area contributed by atoms with Crippen LogP contribution in [0.1, 0.15) is 48.8 Å². The average molecular weight is 528 g/mol. The standard InChI is InChI=1S/C30H33N5O4/c1-4-25-24-20-34(30(37)31-17-16-27(36)39-5-2)28(21-11-9-14-23(19-21)38-3)26-15-10-18-33(26)29(24)35(32-25)22-12-7-6-8-13-22/h6-15,18-19,28H,4-5,16-17,20H2,1-3H3,(H,31,37)/t28-/m0/s1. The number of nitrogens with zero attached hydrogens (tertiary/aromatic N) is 4. The van der Waals surface area contributed by atoms with E-state index in [1.54, 1.807) is 14.0 Å². The lowest BCUT2D eigenvalue weighted by Gasteiger charge is -2.31. The van der Waals surface area contributed by atoms with Gasteiger partial charge in [-0.05, 0) is 55.3 Å². The summed E-state index contributed by atoms with van der Waals surface area (Å²) in [7, 11) is 1.63. The number of methoxy groups -OCH3 is 1. The molecule has 1 aliphatic rings. The van der Waals surface area contributed by atoms with Crippen molar-refractivity contribution in [2.24, 2.45) is 0 Å². The van der Waals surface area contributed by atoms with Crippen LogP contribution in [0.15, 0.2) is 72.9 Å². The van der Waals surface area contributed by atoms with Crippen LogP contribution in [0.3, 0.4) is 0 Å². The zero-order valence-corrected chi connectivity index (χ0v) is 22.5. The third-order valence-corrected chi connectivity index (χ3v) is 6.89. The summed E-state index contributed by atoms with van der Waals surface area (Å²) in [6.07, 6.45) is 2.83. The molecule has 4 aromatic rings. The predicted molar refractivity (Wildman–Crippen MR) is 147 cm³/mol. The van der Waals surface area contributed by atoms with E-state index in [0.29, 0.717) is 25.3 Å². The number of ether oxygens (including phenoxy) is 2. The van der Waals surface area contributed by atoms with E-state index in [0.717, 1.165) is 34.0 Å². The number of nitrogens with one attached hydrogen (secondary N) is 1. The number of para-hydroxylation sites is 1. The smallest absolute Gasteiger partial charge is 0.318 e. The van der Waals surface area contributed by atoms with Gasteiger partial charge in [-0.25, -0.2) is 9.48 Å². The molecule has 9 heteroatoms. The molecule has 3 heterocycles. The van der Waals surface area contributed by atoms with Crippen molar-refractivity contribution < 1.29 is 19.1 Å². The third-order valence-electron chi connectivity index (χ3n) is 6.89. The fourth-order valence-corrected chi connectivity index (χ4v) is 5.12. The Hall–Kier alpha value is -4.53. The highest BCUT2D eigenvalue weighted by molar-refractivity contribution is 5.77. The van der Waals surface area contributed by atoms with E-state index in [2.05, 4.69) is 16.8 Å². The molecule has 9 nitrogen and oxygen atoms in total. The first-order valence-corrected chi connectivity index (χ1v) is 13.2. The predicted octanol–water partition coefficient (Wildman–Crippen LogP) is 4.80. The van der Waals surface area contributed by atoms with E-state index in [1.807, 2.05) is 82.5 Å². The van der Waals surface area contributed by atoms with Gasteiger partial charge in [-0.3, -0.25) is 4.79 Å². The summed E-state index contributed by atoms with van der Waals surface area (Å²) in [5, 5.41) is 7.93. The number of hydrogen-bond acceptors (Lipinski definition) is 5. The number of urea groups is 1. The topological polar surface area (TPSA) is 90.6 Å². The molecule has 0 bridgehead atoms. The van der Waals surface area contributed by atoms with Gasteiger partial charge >= 0.3 is 12.0 Å². The minimum absolute atomic E-state index is 0.102. The van der Waals surface area contributed by atoms with Gasteiger partial charge in [0.1, 0.15) is 11.6 Å². The lowest BCUT2D eigenvalue weighted by atomic mass is 10.0. The summed E-state index contributed by atoms with van der Waals surface area (Å²) >= 11 is 0. The monoisotopic (exact) mass is 527 g/mol. The van der Waals surface area contributed by atoms with Crippen molar-refractivity contribution >= 4 is 12.0 Å². The van der Waals surface area contributed by atoms with E-state index in [9.17, 15) is 9.59 Å². The SMILES string of the molecule is CCOC(=O)CCNC(=O)N1Cc2c(CC)nn(-c3ccccc3)c2-n2cccc2[C@@H]1c1cccc(OC)c1. The van der Waals surface area contributed by atoms with Crippen LogP contribution < -0.4 is 10.1 Å². The number of benzene rings is 2. The van der Waals surface area contributed by atoms with Gasteiger partial charge in [0, 0.05) is 18.3 Å². The Labute approximate surface area is 227 Å². The molecule has 5 rings (SSSR count). The molecule has 202 valence electrons. The van der Waals surface area contributed by atoms with Crippen molar-refractivity contribution in [1.29, 1.82) is 0 Å². The highest BCUT2D eigenvalue weighted by Gasteiger charge is 2.36. The van der Waals surface area contributed by atoms with Gasteiger partial charge in [-0.15, -0.1) is 0 Å². The number of carbonyl (C=O) groups is 2. The molecule has 2 aromatic carbocycles. The van der Waals surface area contributed by atoms with Crippen LogP contribution in [0.5, 0.6) is 5.75 Å². The molecule has 39 heavy (non-hydrogen) atoms. The molecule has 0 fully saturated rings. The van der Waals surface area contributed by atoms with Crippen LogP contribution >= 0.6 is 0 Å². The van der Waals surface area contributed by atoms with Crippen LogP contribution in [0.4, 0.5) is 4.79 Å². The summed E-state index contributed by atoms with van der Waals surface area (Å²) in [6.45, 7) is 4.65. The Kier molecular flexibility index (Phi) is 7.67. The summed E-state index contributed by atoms with van der Waals surface area (Å²) in [5.74, 6) is 1.28. The number of fused-ring (bicyclic) bond motifs is 3. The molecule has 1 atom stereocenters. The van der Waals surface area contributed by atoms with Crippen molar-refractivity contribution in [2.45, 2.75) is 39.3 Å². The van der Waals surface area contributed by atoms with E-state index in [4.69, 9.17) is 14.6 Å². The van der Waals surface area contributed by atoms with Crippen molar-refractivity contribution in [3.63, 3.8) is 0 Å². The van der Waals surface area contributed by atoms with Crippen molar-refractivity contribution in [3.8, 4) is 17.3 Å². The van der Waals surface area contributed by atoms with Crippen LogP contribution in [-0.2, 0) is 22.5 Å². The molecule has 0 saturated heterocycles. The van der Waals surface area contributed by atoms with Crippen LogP contribution in [0.25, 0.3) is 11.5 Å². The molecule has 0 spiro atoms. The molecule has 2 amide bonds. The molecule has 0 saturated carbocycles. The Balaban J connectivity index is 1.63. The molecule has 2 aromatic heterocycles. The second-order valence-corrected chi connectivity index (χ2v) is 9.25. The molecular weight excluding hydrogens is 494 g/mol. The highest BCUT2D eigenvalue weighted by Crippen LogP contribution is 2.39. The minimum Gasteiger partial charge on any atom is -0.497 e. The van der Waals surface area contributed by atoms with E-state index >= 15 is 0 Å². The minimum atomic E-state index is -0.418. The normalized spacial score (nSPS) is 14.2. The number of rotatable bonds is 8. The second-order valence-electron chi connectivity index (χ2n) is 9.25. The fourth-order valence-electron chi connectivity index (χ4n) is 5.12. The molecule has 1 N–H and O–H groups in total. The van der Waals surface area contributed by atoms with Crippen molar-refractivity contribution in [2.75, 3.05) is 20.3 Å². The maximum absolute atomic E-state index is 13.8. The first-order valence-electron chi connectivity index (χ1n) is 13.2. The third kappa shape index (κ3) is 5.12. The first-order chi connectivity index (χ1) is 19.0. The molecular formula is C30H33N5O4. The van der Waals surface area contributed by atoms with Crippen LogP contribution in [0.2, 0.25) is 0 Å². The zero-order chi connectivity index (χ0) is 27.4. The number of amides is 2. The first kappa shape index (κ1) is 26.1. The number of hydrogen-bond donors (Lipinski definition) is 1. The summed E-state index contributed by atoms with van der Waals surface area (Å²) < 4.78 is 14.6.